The molecule has 1 atom stereocenters. The van der Waals surface area contributed by atoms with Gasteiger partial charge in [0.15, 0.2) is 11.6 Å². The van der Waals surface area contributed by atoms with Gasteiger partial charge in [0.25, 0.3) is 0 Å². The lowest BCUT2D eigenvalue weighted by molar-refractivity contribution is -0.120. The van der Waals surface area contributed by atoms with E-state index in [2.05, 4.69) is 33.9 Å². The van der Waals surface area contributed by atoms with E-state index >= 15 is 0 Å². The van der Waals surface area contributed by atoms with E-state index in [1.807, 2.05) is 25.2 Å². The molecule has 1 saturated carbocycles. The summed E-state index contributed by atoms with van der Waals surface area (Å²) in [6.07, 6.45) is 9.02. The summed E-state index contributed by atoms with van der Waals surface area (Å²) in [6, 6.07) is 10.3. The summed E-state index contributed by atoms with van der Waals surface area (Å²) in [5.74, 6) is 1.67. The van der Waals surface area contributed by atoms with Crippen LogP contribution in [-0.4, -0.2) is 40.0 Å². The number of carbonyl (C=O) groups excluding carboxylic acids is 1. The minimum absolute atomic E-state index is 0.134. The fourth-order valence-corrected chi connectivity index (χ4v) is 4.80. The van der Waals surface area contributed by atoms with Gasteiger partial charge in [0.2, 0.25) is 5.91 Å². The van der Waals surface area contributed by atoms with Crippen LogP contribution in [0.1, 0.15) is 39.0 Å². The second kappa shape index (κ2) is 7.10. The maximum Gasteiger partial charge on any atom is 0.249 e. The summed E-state index contributed by atoms with van der Waals surface area (Å²) in [4.78, 5) is 31.3. The van der Waals surface area contributed by atoms with E-state index in [0.29, 0.717) is 11.9 Å². The number of para-hydroxylation sites is 1. The molecule has 0 spiro atoms. The minimum Gasteiger partial charge on any atom is -0.340 e. The third kappa shape index (κ3) is 2.85. The van der Waals surface area contributed by atoms with E-state index in [0.717, 1.165) is 47.2 Å². The Kier molecular flexibility index (Phi) is 4.42. The van der Waals surface area contributed by atoms with Crippen LogP contribution in [-0.2, 0) is 4.79 Å². The van der Waals surface area contributed by atoms with Crippen molar-refractivity contribution in [3.63, 3.8) is 0 Å². The zero-order valence-corrected chi connectivity index (χ0v) is 16.9. The van der Waals surface area contributed by atoms with Crippen LogP contribution in [0.25, 0.3) is 22.3 Å². The van der Waals surface area contributed by atoms with E-state index in [-0.39, 0.29) is 11.9 Å². The molecule has 0 saturated heterocycles. The Morgan fingerprint density at radius 3 is 2.69 bits per heavy atom. The average Bonchev–Trinajstić information content (AvgIpc) is 3.29. The maximum atomic E-state index is 13.0. The number of likely N-dealkylation sites (N-methyl/N-ethyl adjacent to an activating group) is 1. The van der Waals surface area contributed by atoms with Crippen molar-refractivity contribution in [1.29, 1.82) is 0 Å². The Hall–Kier alpha value is -3.02. The molecular formula is C23H25N5O. The van der Waals surface area contributed by atoms with Crippen molar-refractivity contribution in [2.75, 3.05) is 16.8 Å². The smallest absolute Gasteiger partial charge is 0.249 e. The molecule has 1 fully saturated rings. The first-order valence-electron chi connectivity index (χ1n) is 10.5. The first kappa shape index (κ1) is 18.0. The van der Waals surface area contributed by atoms with E-state index in [9.17, 15) is 4.79 Å². The SMILES string of the molecule is CCC1C(=O)N(C)c2cnc(-c3cccc4cccnc34)nc2N1C1CCCC1. The summed E-state index contributed by atoms with van der Waals surface area (Å²) in [7, 11) is 1.83. The van der Waals surface area contributed by atoms with Crippen molar-refractivity contribution in [1.82, 2.24) is 15.0 Å². The first-order valence-corrected chi connectivity index (χ1v) is 10.5. The summed E-state index contributed by atoms with van der Waals surface area (Å²) in [5, 5.41) is 1.07. The Labute approximate surface area is 170 Å². The molecule has 6 heteroatoms. The van der Waals surface area contributed by atoms with Crippen LogP contribution < -0.4 is 9.80 Å². The molecule has 3 aromatic rings. The molecule has 1 aromatic carbocycles. The number of fused-ring (bicyclic) bond motifs is 2. The molecule has 148 valence electrons. The minimum atomic E-state index is -0.163. The van der Waals surface area contributed by atoms with Crippen LogP contribution >= 0.6 is 0 Å². The van der Waals surface area contributed by atoms with Gasteiger partial charge in [-0.3, -0.25) is 9.78 Å². The predicted octanol–water partition coefficient (Wildman–Crippen LogP) is 4.20. The standard InChI is InChI=1S/C23H25N5O/c1-3-18-23(29)27(2)19-14-25-21(26-22(19)28(18)16-10-4-5-11-16)17-12-6-8-15-9-7-13-24-20(15)17/h6-9,12-14,16,18H,3-5,10-11H2,1-2H3. The molecule has 1 aliphatic carbocycles. The number of nitrogens with zero attached hydrogens (tertiary/aromatic N) is 5. The molecule has 0 radical (unpaired) electrons. The van der Waals surface area contributed by atoms with Crippen molar-refractivity contribution >= 4 is 28.3 Å². The summed E-state index contributed by atoms with van der Waals surface area (Å²) in [5.41, 5.74) is 2.61. The summed E-state index contributed by atoms with van der Waals surface area (Å²) in [6.45, 7) is 2.08. The monoisotopic (exact) mass is 387 g/mol. The molecule has 0 N–H and O–H groups in total. The highest BCUT2D eigenvalue weighted by molar-refractivity contribution is 6.04. The average molecular weight is 387 g/mol. The highest BCUT2D eigenvalue weighted by atomic mass is 16.2. The van der Waals surface area contributed by atoms with Gasteiger partial charge in [-0.25, -0.2) is 9.97 Å². The second-order valence-corrected chi connectivity index (χ2v) is 7.95. The van der Waals surface area contributed by atoms with Crippen LogP contribution in [0.3, 0.4) is 0 Å². The van der Waals surface area contributed by atoms with Gasteiger partial charge < -0.3 is 9.80 Å². The lowest BCUT2D eigenvalue weighted by Crippen LogP contribution is -2.55. The molecule has 2 aromatic heterocycles. The fraction of sp³-hybridized carbons (Fsp3) is 0.391. The number of pyridine rings is 1. The Morgan fingerprint density at radius 1 is 1.10 bits per heavy atom. The number of amides is 1. The number of rotatable bonds is 3. The van der Waals surface area contributed by atoms with Crippen molar-refractivity contribution in [2.45, 2.75) is 51.1 Å². The molecule has 6 nitrogen and oxygen atoms in total. The first-order chi connectivity index (χ1) is 14.2. The zero-order valence-electron chi connectivity index (χ0n) is 16.9. The molecule has 5 rings (SSSR count). The van der Waals surface area contributed by atoms with Gasteiger partial charge in [-0.05, 0) is 31.4 Å². The molecule has 1 amide bonds. The van der Waals surface area contributed by atoms with Gasteiger partial charge in [-0.1, -0.05) is 38.0 Å². The molecule has 3 heterocycles. The van der Waals surface area contributed by atoms with E-state index in [1.54, 1.807) is 17.3 Å². The predicted molar refractivity (Wildman–Crippen MR) is 115 cm³/mol. The highest BCUT2D eigenvalue weighted by Gasteiger charge is 2.41. The van der Waals surface area contributed by atoms with Crippen molar-refractivity contribution in [2.24, 2.45) is 0 Å². The third-order valence-electron chi connectivity index (χ3n) is 6.29. The Balaban J connectivity index is 1.69. The lowest BCUT2D eigenvalue weighted by atomic mass is 10.0. The quantitative estimate of drug-likeness (QED) is 0.674. The number of benzene rings is 1. The van der Waals surface area contributed by atoms with Gasteiger partial charge in [0.05, 0.1) is 11.7 Å². The molecule has 1 unspecified atom stereocenters. The molecular weight excluding hydrogens is 362 g/mol. The van der Waals surface area contributed by atoms with Crippen LogP contribution in [0.4, 0.5) is 11.5 Å². The molecule has 0 bridgehead atoms. The number of anilines is 2. The topological polar surface area (TPSA) is 62.2 Å². The van der Waals surface area contributed by atoms with Crippen molar-refractivity contribution in [3.8, 4) is 11.4 Å². The summed E-state index contributed by atoms with van der Waals surface area (Å²) >= 11 is 0. The van der Waals surface area contributed by atoms with Crippen molar-refractivity contribution < 1.29 is 4.79 Å². The van der Waals surface area contributed by atoms with Gasteiger partial charge in [0.1, 0.15) is 11.7 Å². The molecule has 2 aliphatic rings. The lowest BCUT2D eigenvalue weighted by Gasteiger charge is -2.43. The Morgan fingerprint density at radius 2 is 1.90 bits per heavy atom. The van der Waals surface area contributed by atoms with Crippen molar-refractivity contribution in [3.05, 3.63) is 42.7 Å². The third-order valence-corrected chi connectivity index (χ3v) is 6.29. The largest absolute Gasteiger partial charge is 0.340 e. The number of carbonyl (C=O) groups is 1. The van der Waals surface area contributed by atoms with Gasteiger partial charge >= 0.3 is 0 Å². The van der Waals surface area contributed by atoms with Crippen LogP contribution in [0.15, 0.2) is 42.7 Å². The molecule has 29 heavy (non-hydrogen) atoms. The molecule has 1 aliphatic heterocycles. The number of hydrogen-bond acceptors (Lipinski definition) is 5. The second-order valence-electron chi connectivity index (χ2n) is 7.95. The fourth-order valence-electron chi connectivity index (χ4n) is 4.80. The van der Waals surface area contributed by atoms with Gasteiger partial charge in [-0.15, -0.1) is 0 Å². The van der Waals surface area contributed by atoms with E-state index in [1.165, 1.54) is 12.8 Å². The Bertz CT molecular complexity index is 1070. The van der Waals surface area contributed by atoms with Gasteiger partial charge in [-0.2, -0.15) is 0 Å². The van der Waals surface area contributed by atoms with Gasteiger partial charge in [0, 0.05) is 30.2 Å². The maximum absolute atomic E-state index is 13.0. The van der Waals surface area contributed by atoms with E-state index < -0.39 is 0 Å². The number of aromatic nitrogens is 3. The zero-order chi connectivity index (χ0) is 20.0. The van der Waals surface area contributed by atoms with Crippen LogP contribution in [0.2, 0.25) is 0 Å². The van der Waals surface area contributed by atoms with Crippen LogP contribution in [0.5, 0.6) is 0 Å². The normalized spacial score (nSPS) is 19.8. The van der Waals surface area contributed by atoms with E-state index in [4.69, 9.17) is 4.98 Å². The number of hydrogen-bond donors (Lipinski definition) is 0. The van der Waals surface area contributed by atoms with Crippen LogP contribution in [0, 0.1) is 0 Å². The summed E-state index contributed by atoms with van der Waals surface area (Å²) < 4.78 is 0. The highest BCUT2D eigenvalue weighted by Crippen LogP contribution is 2.40.